The molecule has 1 fully saturated rings. The molecule has 3 heteroatoms. The van der Waals surface area contributed by atoms with E-state index in [2.05, 4.69) is 39.6 Å². The van der Waals surface area contributed by atoms with Gasteiger partial charge in [-0.1, -0.05) is 6.92 Å². The van der Waals surface area contributed by atoms with Gasteiger partial charge in [0.25, 0.3) is 0 Å². The molecular weight excluding hydrogens is 238 g/mol. The highest BCUT2D eigenvalue weighted by Crippen LogP contribution is 2.47. The fraction of sp³-hybridized carbons (Fsp3) is 0.688. The number of nitrogens with zero attached hydrogens (tertiary/aromatic N) is 1. The van der Waals surface area contributed by atoms with Crippen molar-refractivity contribution < 1.29 is 9.84 Å². The molecule has 0 bridgehead atoms. The third-order valence-electron chi connectivity index (χ3n) is 4.17. The molecule has 0 spiro atoms. The smallest absolute Gasteiger partial charge is 0.0850 e. The summed E-state index contributed by atoms with van der Waals surface area (Å²) in [6.45, 7) is 10.4. The van der Waals surface area contributed by atoms with E-state index in [1.807, 2.05) is 12.3 Å². The topological polar surface area (TPSA) is 42.4 Å². The molecule has 1 aromatic heterocycles. The van der Waals surface area contributed by atoms with Crippen LogP contribution in [0, 0.1) is 5.92 Å². The van der Waals surface area contributed by atoms with Crippen molar-refractivity contribution in [3.63, 3.8) is 0 Å². The Labute approximate surface area is 116 Å². The Hall–Kier alpha value is -0.930. The van der Waals surface area contributed by atoms with E-state index < -0.39 is 6.10 Å². The number of aliphatic hydroxyl groups is 1. The molecule has 0 amide bonds. The summed E-state index contributed by atoms with van der Waals surface area (Å²) >= 11 is 0. The van der Waals surface area contributed by atoms with Gasteiger partial charge in [-0.2, -0.15) is 0 Å². The molecule has 2 heterocycles. The molecule has 2 atom stereocenters. The Morgan fingerprint density at radius 3 is 2.63 bits per heavy atom. The standard InChI is InChI=1S/C16H25NO2/c1-6-11-10-17-8-7-12(11)14(18)13-9-15(2,3)19-16(13,4)5/h7-8,10,13-14,18H,6,9H2,1-5H3. The van der Waals surface area contributed by atoms with Crippen LogP contribution in [0.4, 0.5) is 0 Å². The lowest BCUT2D eigenvalue weighted by molar-refractivity contribution is -0.0881. The maximum atomic E-state index is 10.8. The largest absolute Gasteiger partial charge is 0.388 e. The van der Waals surface area contributed by atoms with Gasteiger partial charge in [-0.05, 0) is 57.7 Å². The van der Waals surface area contributed by atoms with Crippen molar-refractivity contribution in [1.29, 1.82) is 0 Å². The molecule has 1 aromatic rings. The Morgan fingerprint density at radius 2 is 2.11 bits per heavy atom. The number of ether oxygens (including phenoxy) is 1. The molecule has 0 saturated carbocycles. The Balaban J connectivity index is 2.31. The number of rotatable bonds is 3. The highest BCUT2D eigenvalue weighted by Gasteiger charge is 2.49. The van der Waals surface area contributed by atoms with Crippen LogP contribution in [0.2, 0.25) is 0 Å². The zero-order chi connectivity index (χ0) is 14.3. The summed E-state index contributed by atoms with van der Waals surface area (Å²) in [4.78, 5) is 4.15. The van der Waals surface area contributed by atoms with Gasteiger partial charge in [0.15, 0.2) is 0 Å². The predicted molar refractivity (Wildman–Crippen MR) is 75.9 cm³/mol. The molecule has 1 N–H and O–H groups in total. The van der Waals surface area contributed by atoms with E-state index in [0.29, 0.717) is 0 Å². The predicted octanol–water partition coefficient (Wildman–Crippen LogP) is 3.27. The lowest BCUT2D eigenvalue weighted by Gasteiger charge is -2.31. The van der Waals surface area contributed by atoms with Gasteiger partial charge in [0.1, 0.15) is 0 Å². The number of hydrogen-bond acceptors (Lipinski definition) is 3. The van der Waals surface area contributed by atoms with Crippen LogP contribution in [-0.4, -0.2) is 21.3 Å². The van der Waals surface area contributed by atoms with Crippen LogP contribution >= 0.6 is 0 Å². The van der Waals surface area contributed by atoms with Crippen molar-refractivity contribution in [3.05, 3.63) is 29.6 Å². The summed E-state index contributed by atoms with van der Waals surface area (Å²) in [5, 5.41) is 10.8. The monoisotopic (exact) mass is 263 g/mol. The van der Waals surface area contributed by atoms with Gasteiger partial charge >= 0.3 is 0 Å². The first-order valence-electron chi connectivity index (χ1n) is 7.08. The zero-order valence-electron chi connectivity index (χ0n) is 12.6. The highest BCUT2D eigenvalue weighted by atomic mass is 16.5. The van der Waals surface area contributed by atoms with Crippen molar-refractivity contribution in [2.45, 2.75) is 64.8 Å². The first-order chi connectivity index (χ1) is 8.77. The van der Waals surface area contributed by atoms with E-state index in [-0.39, 0.29) is 17.1 Å². The molecule has 106 valence electrons. The normalized spacial score (nSPS) is 26.3. The molecule has 1 aliphatic heterocycles. The maximum Gasteiger partial charge on any atom is 0.0850 e. The third kappa shape index (κ3) is 2.82. The van der Waals surface area contributed by atoms with Crippen LogP contribution < -0.4 is 0 Å². The first kappa shape index (κ1) is 14.5. The van der Waals surface area contributed by atoms with Crippen LogP contribution in [0.3, 0.4) is 0 Å². The van der Waals surface area contributed by atoms with E-state index in [1.54, 1.807) is 6.20 Å². The minimum atomic E-state index is -0.491. The van der Waals surface area contributed by atoms with Crippen LogP contribution in [-0.2, 0) is 11.2 Å². The second-order valence-electron chi connectivity index (χ2n) is 6.65. The molecule has 0 radical (unpaired) electrons. The summed E-state index contributed by atoms with van der Waals surface area (Å²) in [5.74, 6) is 0.107. The van der Waals surface area contributed by atoms with Crippen LogP contribution in [0.15, 0.2) is 18.5 Å². The van der Waals surface area contributed by atoms with Crippen molar-refractivity contribution in [2.75, 3.05) is 0 Å². The van der Waals surface area contributed by atoms with E-state index in [4.69, 9.17) is 4.74 Å². The van der Waals surface area contributed by atoms with Crippen molar-refractivity contribution in [1.82, 2.24) is 4.98 Å². The third-order valence-corrected chi connectivity index (χ3v) is 4.17. The SMILES string of the molecule is CCc1cnccc1C(O)C1CC(C)(C)OC1(C)C. The second kappa shape index (κ2) is 4.88. The van der Waals surface area contributed by atoms with E-state index in [1.165, 1.54) is 0 Å². The molecule has 1 aliphatic rings. The van der Waals surface area contributed by atoms with E-state index >= 15 is 0 Å². The molecule has 2 rings (SSSR count). The van der Waals surface area contributed by atoms with Gasteiger partial charge in [-0.25, -0.2) is 0 Å². The fourth-order valence-corrected chi connectivity index (χ4v) is 3.34. The summed E-state index contributed by atoms with van der Waals surface area (Å²) in [6, 6.07) is 1.94. The minimum Gasteiger partial charge on any atom is -0.388 e. The average molecular weight is 263 g/mol. The molecule has 0 aliphatic carbocycles. The van der Waals surface area contributed by atoms with Gasteiger partial charge in [-0.15, -0.1) is 0 Å². The van der Waals surface area contributed by atoms with Crippen molar-refractivity contribution in [3.8, 4) is 0 Å². The molecular formula is C16H25NO2. The van der Waals surface area contributed by atoms with E-state index in [0.717, 1.165) is 24.0 Å². The van der Waals surface area contributed by atoms with Crippen molar-refractivity contribution in [2.24, 2.45) is 5.92 Å². The van der Waals surface area contributed by atoms with Crippen LogP contribution in [0.1, 0.15) is 58.3 Å². The Morgan fingerprint density at radius 1 is 1.42 bits per heavy atom. The maximum absolute atomic E-state index is 10.8. The van der Waals surface area contributed by atoms with Crippen LogP contribution in [0.5, 0.6) is 0 Å². The van der Waals surface area contributed by atoms with Gasteiger partial charge in [0.05, 0.1) is 17.3 Å². The number of aliphatic hydroxyl groups excluding tert-OH is 1. The van der Waals surface area contributed by atoms with Gasteiger partial charge in [0, 0.05) is 18.3 Å². The quantitative estimate of drug-likeness (QED) is 0.910. The van der Waals surface area contributed by atoms with Crippen LogP contribution in [0.25, 0.3) is 0 Å². The zero-order valence-corrected chi connectivity index (χ0v) is 12.6. The second-order valence-corrected chi connectivity index (χ2v) is 6.65. The molecule has 2 unspecified atom stereocenters. The Kier molecular flexibility index (Phi) is 3.72. The average Bonchev–Trinajstić information content (AvgIpc) is 2.56. The lowest BCUT2D eigenvalue weighted by atomic mass is 9.79. The number of hydrogen-bond donors (Lipinski definition) is 1. The molecule has 1 saturated heterocycles. The lowest BCUT2D eigenvalue weighted by Crippen LogP contribution is -2.33. The van der Waals surface area contributed by atoms with Gasteiger partial charge < -0.3 is 9.84 Å². The summed E-state index contributed by atoms with van der Waals surface area (Å²) in [5.41, 5.74) is 1.64. The number of pyridine rings is 1. The van der Waals surface area contributed by atoms with Crippen molar-refractivity contribution >= 4 is 0 Å². The summed E-state index contributed by atoms with van der Waals surface area (Å²) in [7, 11) is 0. The molecule has 19 heavy (non-hydrogen) atoms. The fourth-order valence-electron chi connectivity index (χ4n) is 3.34. The highest BCUT2D eigenvalue weighted by molar-refractivity contribution is 5.27. The molecule has 0 aromatic carbocycles. The summed E-state index contributed by atoms with van der Waals surface area (Å²) in [6.07, 6.45) is 4.87. The summed E-state index contributed by atoms with van der Waals surface area (Å²) < 4.78 is 6.09. The number of aryl methyl sites for hydroxylation is 1. The van der Waals surface area contributed by atoms with Gasteiger partial charge in [-0.3, -0.25) is 4.98 Å². The van der Waals surface area contributed by atoms with E-state index in [9.17, 15) is 5.11 Å². The Bertz CT molecular complexity index is 454. The first-order valence-corrected chi connectivity index (χ1v) is 7.08. The van der Waals surface area contributed by atoms with Gasteiger partial charge in [0.2, 0.25) is 0 Å². The molecule has 3 nitrogen and oxygen atoms in total. The minimum absolute atomic E-state index is 0.107. The number of aromatic nitrogens is 1.